The minimum atomic E-state index is -0.724. The Labute approximate surface area is 123 Å². The monoisotopic (exact) mass is 289 g/mol. The first kappa shape index (κ1) is 15.0. The van der Waals surface area contributed by atoms with E-state index in [2.05, 4.69) is 9.97 Å². The highest BCUT2D eigenvalue weighted by atomic mass is 16.6. The van der Waals surface area contributed by atoms with E-state index in [4.69, 9.17) is 4.74 Å². The zero-order valence-corrected chi connectivity index (χ0v) is 12.6. The van der Waals surface area contributed by atoms with Crippen molar-refractivity contribution in [1.29, 1.82) is 0 Å². The summed E-state index contributed by atoms with van der Waals surface area (Å²) in [4.78, 5) is 32.0. The molecule has 1 unspecified atom stereocenters. The van der Waals surface area contributed by atoms with E-state index in [1.165, 1.54) is 4.90 Å². The normalized spacial score (nSPS) is 13.0. The molecule has 21 heavy (non-hydrogen) atoms. The van der Waals surface area contributed by atoms with Crippen LogP contribution in [-0.2, 0) is 9.53 Å². The van der Waals surface area contributed by atoms with Crippen LogP contribution in [0, 0.1) is 0 Å². The van der Waals surface area contributed by atoms with Gasteiger partial charge >= 0.3 is 6.09 Å². The molecular formula is C15H19N3O3. The number of hydrogen-bond donors (Lipinski definition) is 1. The number of amides is 1. The van der Waals surface area contributed by atoms with Crippen molar-refractivity contribution >= 4 is 23.4 Å². The molecule has 6 nitrogen and oxygen atoms in total. The number of fused-ring (bicyclic) bond motifs is 1. The van der Waals surface area contributed by atoms with Gasteiger partial charge in [0.15, 0.2) is 0 Å². The van der Waals surface area contributed by atoms with Gasteiger partial charge < -0.3 is 14.5 Å². The molecule has 1 atom stereocenters. The van der Waals surface area contributed by atoms with Gasteiger partial charge in [0.1, 0.15) is 23.6 Å². The molecule has 1 N–H and O–H groups in total. The Bertz CT molecular complexity index is 657. The minimum absolute atomic E-state index is 0.544. The van der Waals surface area contributed by atoms with E-state index >= 15 is 0 Å². The van der Waals surface area contributed by atoms with Crippen LogP contribution in [0.1, 0.15) is 32.4 Å². The number of aromatic amines is 1. The van der Waals surface area contributed by atoms with Gasteiger partial charge in [-0.25, -0.2) is 9.78 Å². The van der Waals surface area contributed by atoms with Crippen LogP contribution in [0.15, 0.2) is 24.5 Å². The molecule has 0 radical (unpaired) electrons. The number of likely N-dealkylation sites (N-methyl/N-ethyl adjacent to an activating group) is 1. The van der Waals surface area contributed by atoms with Crippen LogP contribution in [0.5, 0.6) is 0 Å². The Hall–Kier alpha value is -2.37. The zero-order valence-electron chi connectivity index (χ0n) is 12.6. The lowest BCUT2D eigenvalue weighted by molar-refractivity contribution is -0.112. The van der Waals surface area contributed by atoms with E-state index in [0.29, 0.717) is 11.2 Å². The minimum Gasteiger partial charge on any atom is -0.444 e. The molecule has 0 saturated heterocycles. The zero-order chi connectivity index (χ0) is 15.6. The SMILES string of the molecule is CN(C(=O)OC(C)(C)C)C(C=O)c1c[nH]c2ncccc12. The number of hydrogen-bond acceptors (Lipinski definition) is 4. The topological polar surface area (TPSA) is 75.3 Å². The van der Waals surface area contributed by atoms with Gasteiger partial charge in [-0.15, -0.1) is 0 Å². The first-order valence-corrected chi connectivity index (χ1v) is 6.66. The number of pyridine rings is 1. The van der Waals surface area contributed by atoms with Crippen LogP contribution in [0.3, 0.4) is 0 Å². The molecule has 0 spiro atoms. The summed E-state index contributed by atoms with van der Waals surface area (Å²) < 4.78 is 5.29. The number of H-pyrrole nitrogens is 1. The Kier molecular flexibility index (Phi) is 3.97. The molecule has 1 amide bonds. The Morgan fingerprint density at radius 2 is 2.19 bits per heavy atom. The standard InChI is InChI=1S/C15H19N3O3/c1-15(2,3)21-14(20)18(4)12(9-19)11-8-17-13-10(11)6-5-7-16-13/h5-9,12H,1-4H3,(H,16,17). The molecule has 2 heterocycles. The van der Waals surface area contributed by atoms with Crippen LogP contribution in [0.4, 0.5) is 4.79 Å². The highest BCUT2D eigenvalue weighted by Gasteiger charge is 2.27. The average Bonchev–Trinajstić information content (AvgIpc) is 2.82. The second kappa shape index (κ2) is 5.55. The van der Waals surface area contributed by atoms with E-state index in [1.54, 1.807) is 46.3 Å². The maximum Gasteiger partial charge on any atom is 0.410 e. The number of carbonyl (C=O) groups is 2. The summed E-state index contributed by atoms with van der Waals surface area (Å²) in [6.07, 6.45) is 3.53. The van der Waals surface area contributed by atoms with E-state index < -0.39 is 17.7 Å². The number of aromatic nitrogens is 2. The largest absolute Gasteiger partial charge is 0.444 e. The Morgan fingerprint density at radius 1 is 1.48 bits per heavy atom. The fraction of sp³-hybridized carbons (Fsp3) is 0.400. The molecule has 6 heteroatoms. The second-order valence-electron chi connectivity index (χ2n) is 5.82. The van der Waals surface area contributed by atoms with Gasteiger partial charge in [0.05, 0.1) is 0 Å². The summed E-state index contributed by atoms with van der Waals surface area (Å²) in [6, 6.07) is 2.92. The van der Waals surface area contributed by atoms with Gasteiger partial charge in [-0.2, -0.15) is 0 Å². The summed E-state index contributed by atoms with van der Waals surface area (Å²) in [6.45, 7) is 5.35. The third-order valence-corrected chi connectivity index (χ3v) is 3.03. The number of nitrogens with zero attached hydrogens (tertiary/aromatic N) is 2. The van der Waals surface area contributed by atoms with E-state index in [-0.39, 0.29) is 0 Å². The van der Waals surface area contributed by atoms with Gasteiger partial charge in [0, 0.05) is 30.4 Å². The van der Waals surface area contributed by atoms with Crippen LogP contribution in [0.2, 0.25) is 0 Å². The Morgan fingerprint density at radius 3 is 2.81 bits per heavy atom. The average molecular weight is 289 g/mol. The van der Waals surface area contributed by atoms with E-state index in [0.717, 1.165) is 11.7 Å². The van der Waals surface area contributed by atoms with E-state index in [1.807, 2.05) is 6.07 Å². The number of aldehydes is 1. The van der Waals surface area contributed by atoms with Crippen LogP contribution >= 0.6 is 0 Å². The molecule has 0 aliphatic rings. The lowest BCUT2D eigenvalue weighted by atomic mass is 10.1. The number of ether oxygens (including phenoxy) is 1. The summed E-state index contributed by atoms with van der Waals surface area (Å²) in [5.74, 6) is 0. The molecule has 2 aromatic rings. The maximum atomic E-state index is 12.1. The quantitative estimate of drug-likeness (QED) is 0.881. The fourth-order valence-corrected chi connectivity index (χ4v) is 2.04. The molecular weight excluding hydrogens is 270 g/mol. The highest BCUT2D eigenvalue weighted by molar-refractivity contribution is 5.85. The second-order valence-corrected chi connectivity index (χ2v) is 5.82. The van der Waals surface area contributed by atoms with Crippen molar-refractivity contribution in [1.82, 2.24) is 14.9 Å². The molecule has 0 saturated carbocycles. The number of carbonyl (C=O) groups excluding carboxylic acids is 2. The van der Waals surface area contributed by atoms with Crippen molar-refractivity contribution in [2.45, 2.75) is 32.4 Å². The van der Waals surface area contributed by atoms with Crippen LogP contribution in [-0.4, -0.2) is 39.9 Å². The van der Waals surface area contributed by atoms with Crippen molar-refractivity contribution in [2.75, 3.05) is 7.05 Å². The van der Waals surface area contributed by atoms with Crippen molar-refractivity contribution < 1.29 is 14.3 Å². The third kappa shape index (κ3) is 3.21. The van der Waals surface area contributed by atoms with Crippen molar-refractivity contribution in [3.63, 3.8) is 0 Å². The molecule has 0 aliphatic heterocycles. The number of nitrogens with one attached hydrogen (secondary N) is 1. The predicted molar refractivity (Wildman–Crippen MR) is 78.9 cm³/mol. The molecule has 0 aliphatic carbocycles. The third-order valence-electron chi connectivity index (χ3n) is 3.03. The highest BCUT2D eigenvalue weighted by Crippen LogP contribution is 2.26. The molecule has 2 aromatic heterocycles. The summed E-state index contributed by atoms with van der Waals surface area (Å²) >= 11 is 0. The molecule has 2 rings (SSSR count). The van der Waals surface area contributed by atoms with Crippen molar-refractivity contribution in [2.24, 2.45) is 0 Å². The van der Waals surface area contributed by atoms with Gasteiger partial charge in [-0.05, 0) is 32.9 Å². The van der Waals surface area contributed by atoms with Crippen LogP contribution < -0.4 is 0 Å². The van der Waals surface area contributed by atoms with E-state index in [9.17, 15) is 9.59 Å². The molecule has 0 bridgehead atoms. The summed E-state index contributed by atoms with van der Waals surface area (Å²) in [7, 11) is 1.54. The van der Waals surface area contributed by atoms with Crippen LogP contribution in [0.25, 0.3) is 11.0 Å². The lowest BCUT2D eigenvalue weighted by Crippen LogP contribution is -2.37. The molecule has 112 valence electrons. The summed E-state index contributed by atoms with van der Waals surface area (Å²) in [5.41, 5.74) is 0.763. The van der Waals surface area contributed by atoms with Gasteiger partial charge in [0.2, 0.25) is 0 Å². The van der Waals surface area contributed by atoms with Crippen molar-refractivity contribution in [3.8, 4) is 0 Å². The fourth-order valence-electron chi connectivity index (χ4n) is 2.04. The summed E-state index contributed by atoms with van der Waals surface area (Å²) in [5, 5.41) is 0.810. The van der Waals surface area contributed by atoms with Gasteiger partial charge in [-0.3, -0.25) is 4.90 Å². The Balaban J connectivity index is 2.31. The maximum absolute atomic E-state index is 12.1. The molecule has 0 fully saturated rings. The van der Waals surface area contributed by atoms with Gasteiger partial charge in [0.25, 0.3) is 0 Å². The number of rotatable bonds is 3. The first-order valence-electron chi connectivity index (χ1n) is 6.66. The molecule has 0 aromatic carbocycles. The predicted octanol–water partition coefficient (Wildman–Crippen LogP) is 2.67. The smallest absolute Gasteiger partial charge is 0.410 e. The van der Waals surface area contributed by atoms with Crippen molar-refractivity contribution in [3.05, 3.63) is 30.1 Å². The first-order chi connectivity index (χ1) is 9.83. The lowest BCUT2D eigenvalue weighted by Gasteiger charge is -2.27. The van der Waals surface area contributed by atoms with Gasteiger partial charge in [-0.1, -0.05) is 0 Å².